The molecule has 2 radical (unpaired) electrons. The van der Waals surface area contributed by atoms with E-state index in [1.807, 2.05) is 0 Å². The first-order valence-corrected chi connectivity index (χ1v) is 4.62. The van der Waals surface area contributed by atoms with E-state index in [9.17, 15) is 0 Å². The van der Waals surface area contributed by atoms with Crippen molar-refractivity contribution in [2.24, 2.45) is 0 Å². The molecule has 0 aliphatic rings. The molecule has 0 aliphatic heterocycles. The molecule has 0 rings (SSSR count). The van der Waals surface area contributed by atoms with Crippen LogP contribution >= 0.6 is 0 Å². The standard InChI is InChI=1S/2C4H12B.Ge/c2*1-5(2,3)4;/h2*1-4H3;/q2*-1;+2. The molecule has 0 aromatic rings. The van der Waals surface area contributed by atoms with Gasteiger partial charge in [-0.1, -0.05) is 0 Å². The van der Waals surface area contributed by atoms with E-state index < -0.39 is 0 Å². The first kappa shape index (κ1) is 17.7. The summed E-state index contributed by atoms with van der Waals surface area (Å²) in [4.78, 5) is 0. The van der Waals surface area contributed by atoms with Crippen LogP contribution in [-0.4, -0.2) is 29.9 Å². The van der Waals surface area contributed by atoms with Crippen LogP contribution < -0.4 is 0 Å². The summed E-state index contributed by atoms with van der Waals surface area (Å²) in [6.07, 6.45) is 0. The smallest absolute Gasteiger partial charge is 0.191 e. The van der Waals surface area contributed by atoms with Crippen LogP contribution in [0.25, 0.3) is 0 Å². The molecule has 0 unspecified atom stereocenters. The largest absolute Gasteiger partial charge is 2.00 e. The van der Waals surface area contributed by atoms with Gasteiger partial charge in [-0.15, -0.1) is 0 Å². The molecule has 0 aliphatic carbocycles. The van der Waals surface area contributed by atoms with Gasteiger partial charge in [0.15, 0.2) is 0 Å². The zero-order valence-corrected chi connectivity index (χ0v) is 11.8. The van der Waals surface area contributed by atoms with Crippen LogP contribution in [0.5, 0.6) is 0 Å². The van der Waals surface area contributed by atoms with E-state index in [1.54, 1.807) is 0 Å². The fraction of sp³-hybridized carbons (Fsp3) is 1.00. The van der Waals surface area contributed by atoms with E-state index in [1.165, 1.54) is 0 Å². The molecule has 0 nitrogen and oxygen atoms in total. The molecule has 0 fully saturated rings. The maximum atomic E-state index is 2.25. The van der Waals surface area contributed by atoms with Gasteiger partial charge >= 0.3 is 17.6 Å². The topological polar surface area (TPSA) is 0 Å². The molecule has 3 heteroatoms. The Kier molecular flexibility index (Phi) is 9.99. The Morgan fingerprint density at radius 1 is 0.455 bits per heavy atom. The zero-order valence-electron chi connectivity index (χ0n) is 9.65. The second-order valence-corrected chi connectivity index (χ2v) is 6.93. The summed E-state index contributed by atoms with van der Waals surface area (Å²) in [5.41, 5.74) is 0. The number of rotatable bonds is 0. The minimum Gasteiger partial charge on any atom is -0.191 e. The summed E-state index contributed by atoms with van der Waals surface area (Å²) in [7, 11) is 0. The van der Waals surface area contributed by atoms with Crippen LogP contribution in [-0.2, 0) is 0 Å². The Hall–Kier alpha value is 0.673. The van der Waals surface area contributed by atoms with Crippen molar-refractivity contribution in [3.8, 4) is 0 Å². The zero-order chi connectivity index (χ0) is 9.00. The molecule has 0 saturated carbocycles. The third-order valence-corrected chi connectivity index (χ3v) is 0. The van der Waals surface area contributed by atoms with Crippen LogP contribution in [0.4, 0.5) is 0 Å². The summed E-state index contributed by atoms with van der Waals surface area (Å²) in [6, 6.07) is 0. The first-order chi connectivity index (χ1) is 4.00. The first-order valence-electron chi connectivity index (χ1n) is 4.62. The van der Waals surface area contributed by atoms with Gasteiger partial charge in [-0.25, -0.2) is 0 Å². The summed E-state index contributed by atoms with van der Waals surface area (Å²) in [5, 5.41) is 0. The van der Waals surface area contributed by atoms with Gasteiger partial charge in [-0.2, -0.15) is 54.6 Å². The number of hydrogen-bond donors (Lipinski definition) is 0. The third-order valence-electron chi connectivity index (χ3n) is 0. The van der Waals surface area contributed by atoms with Gasteiger partial charge in [-0.3, -0.25) is 0 Å². The van der Waals surface area contributed by atoms with Crippen molar-refractivity contribution in [1.29, 1.82) is 0 Å². The normalized spacial score (nSPS) is 10.9. The second-order valence-electron chi connectivity index (χ2n) is 6.93. The predicted molar refractivity (Wildman–Crippen MR) is 64.2 cm³/mol. The van der Waals surface area contributed by atoms with Crippen LogP contribution in [0.2, 0.25) is 54.6 Å². The van der Waals surface area contributed by atoms with Crippen molar-refractivity contribution in [3.63, 3.8) is 0 Å². The average molecular weight is 215 g/mol. The van der Waals surface area contributed by atoms with Crippen LogP contribution in [0.3, 0.4) is 0 Å². The predicted octanol–water partition coefficient (Wildman–Crippen LogP) is 3.53. The van der Waals surface area contributed by atoms with E-state index in [2.05, 4.69) is 54.6 Å². The summed E-state index contributed by atoms with van der Waals surface area (Å²) >= 11 is 0. The van der Waals surface area contributed by atoms with Crippen LogP contribution in [0.15, 0.2) is 0 Å². The molecule has 0 spiro atoms. The third kappa shape index (κ3) is 1770. The van der Waals surface area contributed by atoms with Gasteiger partial charge in [0.1, 0.15) is 0 Å². The molecule has 0 atom stereocenters. The minimum atomic E-state index is 0. The fourth-order valence-corrected chi connectivity index (χ4v) is 0. The van der Waals surface area contributed by atoms with Gasteiger partial charge in [0, 0.05) is 0 Å². The van der Waals surface area contributed by atoms with E-state index in [0.29, 0.717) is 0 Å². The molecule has 0 aromatic carbocycles. The molecule has 66 valence electrons. The maximum absolute atomic E-state index is 2.25. The molecule has 0 N–H and O–H groups in total. The van der Waals surface area contributed by atoms with Crippen molar-refractivity contribution in [1.82, 2.24) is 0 Å². The maximum Gasteiger partial charge on any atom is 2.00 e. The van der Waals surface area contributed by atoms with Gasteiger partial charge in [0.25, 0.3) is 0 Å². The van der Waals surface area contributed by atoms with Crippen molar-refractivity contribution in [2.75, 3.05) is 0 Å². The van der Waals surface area contributed by atoms with Gasteiger partial charge in [0.05, 0.1) is 0 Å². The van der Waals surface area contributed by atoms with Crippen molar-refractivity contribution in [3.05, 3.63) is 0 Å². The fourth-order valence-electron chi connectivity index (χ4n) is 0. The Morgan fingerprint density at radius 3 is 0.455 bits per heavy atom. The minimum absolute atomic E-state index is 0. The molecule has 0 heterocycles. The van der Waals surface area contributed by atoms with E-state index in [-0.39, 0.29) is 29.9 Å². The van der Waals surface area contributed by atoms with E-state index in [4.69, 9.17) is 0 Å². The molecule has 0 saturated heterocycles. The van der Waals surface area contributed by atoms with Gasteiger partial charge < -0.3 is 0 Å². The van der Waals surface area contributed by atoms with Crippen molar-refractivity contribution < 1.29 is 0 Å². The molecule has 0 bridgehead atoms. The average Bonchev–Trinajstić information content (AvgIpc) is 1.12. The molecule has 11 heavy (non-hydrogen) atoms. The van der Waals surface area contributed by atoms with Crippen LogP contribution in [0.1, 0.15) is 0 Å². The Balaban J connectivity index is -0.000000107. The van der Waals surface area contributed by atoms with Gasteiger partial charge in [0.2, 0.25) is 0 Å². The molecular formula is C8H24B2Ge. The van der Waals surface area contributed by atoms with Gasteiger partial charge in [-0.05, 0) is 12.3 Å². The summed E-state index contributed by atoms with van der Waals surface area (Å²) in [6.45, 7) is 18.0. The monoisotopic (exact) mass is 216 g/mol. The summed E-state index contributed by atoms with van der Waals surface area (Å²) < 4.78 is 0. The van der Waals surface area contributed by atoms with Crippen LogP contribution in [0, 0.1) is 0 Å². The second kappa shape index (κ2) is 6.22. The molecular weight excluding hydrogens is 190 g/mol. The molecule has 0 aromatic heterocycles. The van der Waals surface area contributed by atoms with E-state index >= 15 is 0 Å². The SMILES string of the molecule is C[B-](C)(C)C.C[B-](C)(C)C.[Ge+2]. The number of hydrogen-bond acceptors (Lipinski definition) is 0. The van der Waals surface area contributed by atoms with E-state index in [0.717, 1.165) is 0 Å². The summed E-state index contributed by atoms with van der Waals surface area (Å²) in [5.74, 6) is 0. The Labute approximate surface area is 84.7 Å². The Bertz CT molecular complexity index is 55.1. The Morgan fingerprint density at radius 2 is 0.455 bits per heavy atom. The molecule has 0 amide bonds. The van der Waals surface area contributed by atoms with Crippen molar-refractivity contribution in [2.45, 2.75) is 54.6 Å². The van der Waals surface area contributed by atoms with Crippen molar-refractivity contribution >= 4 is 29.9 Å². The quantitative estimate of drug-likeness (QED) is 0.541.